The van der Waals surface area contributed by atoms with Gasteiger partial charge in [-0.3, -0.25) is 0 Å². The number of fused-ring (bicyclic) bond motifs is 1. The zero-order valence-electron chi connectivity index (χ0n) is 18.7. The average molecular weight is 409 g/mol. The third-order valence-corrected chi connectivity index (χ3v) is 5.55. The van der Waals surface area contributed by atoms with Crippen LogP contribution in [0.4, 0.5) is 16.2 Å². The molecular weight excluding hydrogens is 376 g/mol. The van der Waals surface area contributed by atoms with Crippen LogP contribution in [0.15, 0.2) is 47.6 Å². The van der Waals surface area contributed by atoms with E-state index in [0.29, 0.717) is 23.4 Å². The van der Waals surface area contributed by atoms with Crippen molar-refractivity contribution in [2.75, 3.05) is 17.3 Å². The average Bonchev–Trinajstić information content (AvgIpc) is 2.67. The number of carbonyl (C=O) groups excluding carboxylic acids is 1. The number of hydrogen-bond acceptors (Lipinski definition) is 4. The third-order valence-electron chi connectivity index (χ3n) is 5.55. The first-order valence-electron chi connectivity index (χ1n) is 10.4. The molecule has 2 aromatic rings. The summed E-state index contributed by atoms with van der Waals surface area (Å²) in [7, 11) is 1.56. The van der Waals surface area contributed by atoms with Crippen molar-refractivity contribution in [2.45, 2.75) is 58.5 Å². The number of ether oxygens (including phenoxy) is 1. The summed E-state index contributed by atoms with van der Waals surface area (Å²) in [6.45, 7) is 11.4. The maximum Gasteiger partial charge on any atom is 0.339 e. The number of methoxy groups -OCH3 is 1. The van der Waals surface area contributed by atoms with E-state index in [-0.39, 0.29) is 5.54 Å². The Morgan fingerprint density at radius 2 is 2.00 bits per heavy atom. The van der Waals surface area contributed by atoms with E-state index in [1.165, 1.54) is 11.3 Å². The first-order valence-corrected chi connectivity index (χ1v) is 10.4. The molecule has 0 aromatic heterocycles. The van der Waals surface area contributed by atoms with E-state index in [9.17, 15) is 4.79 Å². The number of para-hydroxylation sites is 2. The minimum absolute atomic E-state index is 0.119. The lowest BCUT2D eigenvalue weighted by atomic mass is 9.79. The number of nitrogens with zero attached hydrogens (tertiary/aromatic N) is 2. The standard InChI is InChI=1S/C24H32N4O2/c1-16(2)28-21-12-11-18(13-19(21)17(3)14-24(28,4)5)15-25-27-23(29)26-20-9-7-8-10-22(20)30-6/h7-13,15-17H,14H2,1-6H3,(H2,26,27,29)/b25-15+/t17-/m0/s1. The minimum atomic E-state index is -0.421. The summed E-state index contributed by atoms with van der Waals surface area (Å²) in [4.78, 5) is 14.6. The molecule has 2 N–H and O–H groups in total. The van der Waals surface area contributed by atoms with Crippen LogP contribution in [0, 0.1) is 0 Å². The molecule has 3 rings (SSSR count). The first-order chi connectivity index (χ1) is 14.2. The summed E-state index contributed by atoms with van der Waals surface area (Å²) >= 11 is 0. The van der Waals surface area contributed by atoms with Gasteiger partial charge in [-0.15, -0.1) is 0 Å². The smallest absolute Gasteiger partial charge is 0.339 e. The molecule has 1 heterocycles. The van der Waals surface area contributed by atoms with Gasteiger partial charge in [0.25, 0.3) is 0 Å². The van der Waals surface area contributed by atoms with Crippen LogP contribution in [0.3, 0.4) is 0 Å². The Morgan fingerprint density at radius 3 is 2.70 bits per heavy atom. The molecule has 2 aromatic carbocycles. The Balaban J connectivity index is 1.71. The van der Waals surface area contributed by atoms with E-state index in [2.05, 4.69) is 67.5 Å². The minimum Gasteiger partial charge on any atom is -0.495 e. The van der Waals surface area contributed by atoms with Gasteiger partial charge in [0.2, 0.25) is 0 Å². The number of rotatable bonds is 5. The molecule has 6 heteroatoms. The predicted molar refractivity (Wildman–Crippen MR) is 124 cm³/mol. The number of hydrazone groups is 1. The van der Waals surface area contributed by atoms with E-state index in [1.54, 1.807) is 25.5 Å². The van der Waals surface area contributed by atoms with E-state index in [0.717, 1.165) is 12.0 Å². The second kappa shape index (κ2) is 8.78. The molecule has 1 atom stereocenters. The summed E-state index contributed by atoms with van der Waals surface area (Å²) < 4.78 is 5.24. The first kappa shape index (κ1) is 21.7. The Bertz CT molecular complexity index is 937. The number of nitrogens with one attached hydrogen (secondary N) is 2. The molecule has 0 saturated heterocycles. The summed E-state index contributed by atoms with van der Waals surface area (Å²) in [5, 5.41) is 6.84. The summed E-state index contributed by atoms with van der Waals surface area (Å²) in [6, 6.07) is 13.6. The summed E-state index contributed by atoms with van der Waals surface area (Å²) in [5.74, 6) is 1.05. The van der Waals surface area contributed by atoms with E-state index in [4.69, 9.17) is 4.74 Å². The van der Waals surface area contributed by atoms with Crippen molar-refractivity contribution in [3.05, 3.63) is 53.6 Å². The molecule has 0 radical (unpaired) electrons. The van der Waals surface area contributed by atoms with Crippen LogP contribution >= 0.6 is 0 Å². The van der Waals surface area contributed by atoms with Crippen LogP contribution in [0.5, 0.6) is 5.75 Å². The van der Waals surface area contributed by atoms with E-state index < -0.39 is 6.03 Å². The Hall–Kier alpha value is -3.02. The van der Waals surface area contributed by atoms with E-state index in [1.807, 2.05) is 18.2 Å². The number of carbonyl (C=O) groups is 1. The highest BCUT2D eigenvalue weighted by Gasteiger charge is 2.37. The number of benzene rings is 2. The monoisotopic (exact) mass is 408 g/mol. The fourth-order valence-corrected chi connectivity index (χ4v) is 4.59. The summed E-state index contributed by atoms with van der Waals surface area (Å²) in [6.07, 6.45) is 2.77. The van der Waals surface area contributed by atoms with E-state index >= 15 is 0 Å². The Labute approximate surface area is 179 Å². The van der Waals surface area contributed by atoms with Crippen LogP contribution in [-0.4, -0.2) is 30.9 Å². The van der Waals surface area contributed by atoms with Crippen LogP contribution in [0.25, 0.3) is 0 Å². The molecule has 1 aliphatic heterocycles. The highest BCUT2D eigenvalue weighted by Crippen LogP contribution is 2.44. The second-order valence-corrected chi connectivity index (χ2v) is 8.72. The Kier molecular flexibility index (Phi) is 6.34. The lowest BCUT2D eigenvalue weighted by molar-refractivity contribution is 0.252. The van der Waals surface area contributed by atoms with Gasteiger partial charge >= 0.3 is 6.03 Å². The van der Waals surface area contributed by atoms with Gasteiger partial charge < -0.3 is 15.0 Å². The summed E-state index contributed by atoms with van der Waals surface area (Å²) in [5.41, 5.74) is 6.79. The van der Waals surface area contributed by atoms with Gasteiger partial charge in [0.15, 0.2) is 0 Å². The molecular formula is C24H32N4O2. The topological polar surface area (TPSA) is 66.0 Å². The van der Waals surface area contributed by atoms with Crippen LogP contribution in [0.1, 0.15) is 58.1 Å². The lowest BCUT2D eigenvalue weighted by Gasteiger charge is -2.50. The Morgan fingerprint density at radius 1 is 1.27 bits per heavy atom. The molecule has 0 fully saturated rings. The highest BCUT2D eigenvalue weighted by molar-refractivity contribution is 5.92. The van der Waals surface area contributed by atoms with Crippen molar-refractivity contribution in [3.8, 4) is 5.75 Å². The quantitative estimate of drug-likeness (QED) is 0.518. The van der Waals surface area contributed by atoms with Crippen molar-refractivity contribution in [3.63, 3.8) is 0 Å². The predicted octanol–water partition coefficient (Wildman–Crippen LogP) is 5.35. The molecule has 2 amide bonds. The van der Waals surface area contributed by atoms with Crippen LogP contribution in [-0.2, 0) is 0 Å². The molecule has 30 heavy (non-hydrogen) atoms. The van der Waals surface area contributed by atoms with Crippen molar-refractivity contribution in [1.29, 1.82) is 0 Å². The zero-order chi connectivity index (χ0) is 21.9. The molecule has 0 unspecified atom stereocenters. The van der Waals surface area contributed by atoms with Gasteiger partial charge in [-0.05, 0) is 75.4 Å². The number of urea groups is 1. The van der Waals surface area contributed by atoms with Gasteiger partial charge in [-0.25, -0.2) is 10.2 Å². The maximum absolute atomic E-state index is 12.1. The van der Waals surface area contributed by atoms with Crippen molar-refractivity contribution in [2.24, 2.45) is 5.10 Å². The highest BCUT2D eigenvalue weighted by atomic mass is 16.5. The van der Waals surface area contributed by atoms with Crippen LogP contribution < -0.4 is 20.4 Å². The molecule has 0 saturated carbocycles. The van der Waals surface area contributed by atoms with Crippen LogP contribution in [0.2, 0.25) is 0 Å². The largest absolute Gasteiger partial charge is 0.495 e. The van der Waals surface area contributed by atoms with Crippen molar-refractivity contribution < 1.29 is 9.53 Å². The molecule has 0 aliphatic carbocycles. The number of hydrogen-bond donors (Lipinski definition) is 2. The number of anilines is 2. The maximum atomic E-state index is 12.1. The molecule has 1 aliphatic rings. The number of amides is 2. The molecule has 0 bridgehead atoms. The normalized spacial score (nSPS) is 17.7. The fraction of sp³-hybridized carbons (Fsp3) is 0.417. The fourth-order valence-electron chi connectivity index (χ4n) is 4.59. The van der Waals surface area contributed by atoms with Crippen molar-refractivity contribution in [1.82, 2.24) is 5.43 Å². The molecule has 6 nitrogen and oxygen atoms in total. The molecule has 160 valence electrons. The van der Waals surface area contributed by atoms with Gasteiger partial charge in [-0.1, -0.05) is 25.1 Å². The zero-order valence-corrected chi connectivity index (χ0v) is 18.7. The van der Waals surface area contributed by atoms with Crippen molar-refractivity contribution >= 4 is 23.6 Å². The lowest BCUT2D eigenvalue weighted by Crippen LogP contribution is -2.51. The third kappa shape index (κ3) is 4.58. The van der Waals surface area contributed by atoms with Gasteiger partial charge in [-0.2, -0.15) is 5.10 Å². The second-order valence-electron chi connectivity index (χ2n) is 8.72. The van der Waals surface area contributed by atoms with Gasteiger partial charge in [0.05, 0.1) is 19.0 Å². The SMILES string of the molecule is COc1ccccc1NC(=O)N/N=C/c1ccc2c(c1)[C@@H](C)CC(C)(C)N2C(C)C. The van der Waals surface area contributed by atoms with Gasteiger partial charge in [0.1, 0.15) is 5.75 Å². The van der Waals surface area contributed by atoms with Gasteiger partial charge in [0, 0.05) is 17.3 Å². The molecule has 0 spiro atoms.